The van der Waals surface area contributed by atoms with E-state index in [2.05, 4.69) is 4.98 Å². The zero-order chi connectivity index (χ0) is 17.4. The van der Waals surface area contributed by atoms with Crippen molar-refractivity contribution in [2.45, 2.75) is 12.8 Å². The van der Waals surface area contributed by atoms with Crippen LogP contribution in [0.4, 0.5) is 11.5 Å². The number of carbonyl (C=O) groups is 1. The van der Waals surface area contributed by atoms with Crippen molar-refractivity contribution in [1.29, 1.82) is 0 Å². The van der Waals surface area contributed by atoms with Gasteiger partial charge in [0.25, 0.3) is 0 Å². The zero-order valence-corrected chi connectivity index (χ0v) is 13.9. The number of aromatic nitrogens is 1. The number of nitrogens with zero attached hydrogens (tertiary/aromatic N) is 2. The average Bonchev–Trinajstić information content (AvgIpc) is 2.95. The summed E-state index contributed by atoms with van der Waals surface area (Å²) in [6.07, 6.45) is -1.08. The Morgan fingerprint density at radius 2 is 2.12 bits per heavy atom. The molecule has 0 aliphatic carbocycles. The molecular formula is C16H16ClN3O4. The number of aliphatic hydroxyl groups excluding tert-OH is 1. The molecule has 8 heteroatoms. The lowest BCUT2D eigenvalue weighted by atomic mass is 10.1. The van der Waals surface area contributed by atoms with Crippen LogP contribution >= 0.6 is 11.6 Å². The molecule has 3 N–H and O–H groups in total. The third-order valence-electron chi connectivity index (χ3n) is 3.95. The molecule has 0 spiro atoms. The predicted octanol–water partition coefficient (Wildman–Crippen LogP) is 2.12. The summed E-state index contributed by atoms with van der Waals surface area (Å²) in [5.41, 5.74) is 7.82. The number of aliphatic hydroxyl groups is 1. The first-order chi connectivity index (χ1) is 11.5. The predicted molar refractivity (Wildman–Crippen MR) is 89.1 cm³/mol. The first-order valence-electron chi connectivity index (χ1n) is 7.12. The van der Waals surface area contributed by atoms with Gasteiger partial charge in [0.2, 0.25) is 5.88 Å². The zero-order valence-electron chi connectivity index (χ0n) is 13.1. The van der Waals surface area contributed by atoms with Crippen molar-refractivity contribution < 1.29 is 19.4 Å². The normalized spacial score (nSPS) is 16.0. The summed E-state index contributed by atoms with van der Waals surface area (Å²) in [5.74, 6) is -0.0253. The number of halogens is 1. The van der Waals surface area contributed by atoms with E-state index in [1.54, 1.807) is 18.2 Å². The number of benzene rings is 1. The second kappa shape index (κ2) is 6.18. The van der Waals surface area contributed by atoms with Crippen molar-refractivity contribution in [3.05, 3.63) is 46.0 Å². The third-order valence-corrected chi connectivity index (χ3v) is 4.31. The molecule has 24 heavy (non-hydrogen) atoms. The van der Waals surface area contributed by atoms with Gasteiger partial charge < -0.3 is 25.2 Å². The quantitative estimate of drug-likeness (QED) is 0.647. The van der Waals surface area contributed by atoms with E-state index in [4.69, 9.17) is 26.8 Å². The van der Waals surface area contributed by atoms with E-state index >= 15 is 0 Å². The smallest absolute Gasteiger partial charge is 0.341 e. The molecule has 1 aliphatic heterocycles. The number of hydrogen-bond donors (Lipinski definition) is 2. The Labute approximate surface area is 143 Å². The van der Waals surface area contributed by atoms with Crippen molar-refractivity contribution in [1.82, 2.24) is 4.98 Å². The molecule has 2 aromatic rings. The van der Waals surface area contributed by atoms with Crippen LogP contribution in [0.15, 0.2) is 24.3 Å². The Balaban J connectivity index is 2.12. The SMILES string of the molecule is COC(=O)c1ccc(OC)nc1N1Cc2c(Cl)ccc(N)c2C1O. The topological polar surface area (TPSA) is 97.9 Å². The fourth-order valence-corrected chi connectivity index (χ4v) is 2.98. The van der Waals surface area contributed by atoms with Crippen molar-refractivity contribution in [2.24, 2.45) is 0 Å². The summed E-state index contributed by atoms with van der Waals surface area (Å²) in [4.78, 5) is 17.9. The highest BCUT2D eigenvalue weighted by Crippen LogP contribution is 2.42. The molecule has 7 nitrogen and oxygen atoms in total. The standard InChI is InChI=1S/C16H16ClN3O4/c1-23-12-6-3-8(16(22)24-2)14(19-12)20-7-9-10(17)4-5-11(18)13(9)15(20)21/h3-6,15,21H,7,18H2,1-2H3. The van der Waals surface area contributed by atoms with Crippen LogP contribution in [0.2, 0.25) is 5.02 Å². The summed E-state index contributed by atoms with van der Waals surface area (Å²) < 4.78 is 9.91. The van der Waals surface area contributed by atoms with Crippen LogP contribution in [0.1, 0.15) is 27.7 Å². The number of hydrogen-bond acceptors (Lipinski definition) is 7. The molecule has 1 atom stereocenters. The molecule has 0 fully saturated rings. The largest absolute Gasteiger partial charge is 0.481 e. The molecule has 1 aliphatic rings. The fourth-order valence-electron chi connectivity index (χ4n) is 2.76. The van der Waals surface area contributed by atoms with Gasteiger partial charge in [-0.05, 0) is 23.8 Å². The summed E-state index contributed by atoms with van der Waals surface area (Å²) in [6, 6.07) is 6.39. The fraction of sp³-hybridized carbons (Fsp3) is 0.250. The maximum Gasteiger partial charge on any atom is 0.341 e. The van der Waals surface area contributed by atoms with Gasteiger partial charge in [-0.25, -0.2) is 4.79 Å². The second-order valence-corrected chi connectivity index (χ2v) is 5.65. The van der Waals surface area contributed by atoms with E-state index in [1.165, 1.54) is 25.2 Å². The molecule has 0 bridgehead atoms. The number of esters is 1. The molecule has 0 amide bonds. The Hall–Kier alpha value is -2.51. The van der Waals surface area contributed by atoms with Gasteiger partial charge in [0, 0.05) is 28.9 Å². The Morgan fingerprint density at radius 1 is 1.38 bits per heavy atom. The number of nitrogens with two attached hydrogens (primary N) is 1. The minimum absolute atomic E-state index is 0.208. The van der Waals surface area contributed by atoms with Gasteiger partial charge in [-0.1, -0.05) is 11.6 Å². The van der Waals surface area contributed by atoms with Gasteiger partial charge in [-0.3, -0.25) is 0 Å². The van der Waals surface area contributed by atoms with Crippen molar-refractivity contribution >= 4 is 29.1 Å². The van der Waals surface area contributed by atoms with Gasteiger partial charge in [0.1, 0.15) is 11.4 Å². The highest BCUT2D eigenvalue weighted by atomic mass is 35.5. The Morgan fingerprint density at radius 3 is 2.75 bits per heavy atom. The lowest BCUT2D eigenvalue weighted by Crippen LogP contribution is -2.25. The molecule has 126 valence electrons. The van der Waals surface area contributed by atoms with E-state index < -0.39 is 12.2 Å². The van der Waals surface area contributed by atoms with Gasteiger partial charge in [0.05, 0.1) is 14.2 Å². The van der Waals surface area contributed by atoms with Crippen LogP contribution in [0, 0.1) is 0 Å². The Bertz CT molecular complexity index is 812. The third kappa shape index (κ3) is 2.51. The molecule has 1 unspecified atom stereocenters. The molecule has 0 saturated heterocycles. The summed E-state index contributed by atoms with van der Waals surface area (Å²) in [7, 11) is 2.74. The summed E-state index contributed by atoms with van der Waals surface area (Å²) in [6.45, 7) is 0.254. The minimum atomic E-state index is -1.08. The molecule has 0 saturated carbocycles. The van der Waals surface area contributed by atoms with Crippen LogP contribution in [0.5, 0.6) is 5.88 Å². The average molecular weight is 350 g/mol. The van der Waals surface area contributed by atoms with E-state index in [0.29, 0.717) is 27.7 Å². The van der Waals surface area contributed by atoms with E-state index in [0.717, 1.165) is 0 Å². The lowest BCUT2D eigenvalue weighted by molar-refractivity contribution is 0.0600. The van der Waals surface area contributed by atoms with Crippen molar-refractivity contribution in [3.8, 4) is 5.88 Å². The number of nitrogen functional groups attached to an aromatic ring is 1. The van der Waals surface area contributed by atoms with E-state index in [-0.39, 0.29) is 17.9 Å². The number of pyridine rings is 1. The van der Waals surface area contributed by atoms with Gasteiger partial charge in [-0.15, -0.1) is 0 Å². The molecule has 2 heterocycles. The monoisotopic (exact) mass is 349 g/mol. The summed E-state index contributed by atoms with van der Waals surface area (Å²) in [5, 5.41) is 11.2. The first-order valence-corrected chi connectivity index (χ1v) is 7.50. The number of fused-ring (bicyclic) bond motifs is 1. The lowest BCUT2D eigenvalue weighted by Gasteiger charge is -2.24. The van der Waals surface area contributed by atoms with Crippen LogP contribution in [-0.2, 0) is 11.3 Å². The van der Waals surface area contributed by atoms with Gasteiger partial charge in [0.15, 0.2) is 6.23 Å². The second-order valence-electron chi connectivity index (χ2n) is 5.25. The van der Waals surface area contributed by atoms with Crippen LogP contribution in [0.25, 0.3) is 0 Å². The van der Waals surface area contributed by atoms with Crippen molar-refractivity contribution in [3.63, 3.8) is 0 Å². The first kappa shape index (κ1) is 16.4. The molecule has 3 rings (SSSR count). The van der Waals surface area contributed by atoms with E-state index in [1.807, 2.05) is 0 Å². The highest BCUT2D eigenvalue weighted by Gasteiger charge is 2.35. The molecule has 0 radical (unpaired) electrons. The molecule has 1 aromatic carbocycles. The van der Waals surface area contributed by atoms with Gasteiger partial charge in [-0.2, -0.15) is 4.98 Å². The maximum absolute atomic E-state index is 12.0. The number of carbonyl (C=O) groups excluding carboxylic acids is 1. The van der Waals surface area contributed by atoms with Crippen molar-refractivity contribution in [2.75, 3.05) is 24.9 Å². The molecule has 1 aromatic heterocycles. The van der Waals surface area contributed by atoms with E-state index in [9.17, 15) is 9.90 Å². The number of methoxy groups -OCH3 is 2. The number of rotatable bonds is 3. The van der Waals surface area contributed by atoms with Crippen LogP contribution in [0.3, 0.4) is 0 Å². The Kier molecular flexibility index (Phi) is 4.21. The van der Waals surface area contributed by atoms with Crippen LogP contribution in [-0.4, -0.2) is 30.3 Å². The van der Waals surface area contributed by atoms with Gasteiger partial charge >= 0.3 is 5.97 Å². The summed E-state index contributed by atoms with van der Waals surface area (Å²) >= 11 is 6.22. The maximum atomic E-state index is 12.0. The number of ether oxygens (including phenoxy) is 2. The van der Waals surface area contributed by atoms with Crippen LogP contribution < -0.4 is 15.4 Å². The highest BCUT2D eigenvalue weighted by molar-refractivity contribution is 6.31. The number of anilines is 2. The molecular weight excluding hydrogens is 334 g/mol. The minimum Gasteiger partial charge on any atom is -0.481 e.